The molecule has 0 radical (unpaired) electrons. The van der Waals surface area contributed by atoms with Crippen molar-refractivity contribution in [1.82, 2.24) is 10.6 Å². The number of carbonyl (C=O) groups excluding carboxylic acids is 1. The number of amides is 1. The van der Waals surface area contributed by atoms with Gasteiger partial charge in [-0.3, -0.25) is 10.1 Å². The molecule has 1 aliphatic heterocycles. The van der Waals surface area contributed by atoms with E-state index in [0.717, 1.165) is 29.4 Å². The molecule has 1 aliphatic rings. The van der Waals surface area contributed by atoms with E-state index in [1.54, 1.807) is 11.8 Å². The molecule has 3 rings (SSSR count). The predicted molar refractivity (Wildman–Crippen MR) is 105 cm³/mol. The molecule has 0 aliphatic carbocycles. The third-order valence-corrected chi connectivity index (χ3v) is 4.86. The fraction of sp³-hybridized carbons (Fsp3) is 0.316. The Hall–Kier alpha value is -1.69. The summed E-state index contributed by atoms with van der Waals surface area (Å²) in [6, 6.07) is 18.1. The molecule has 2 N–H and O–H groups in total. The molecule has 0 aromatic heterocycles. The van der Waals surface area contributed by atoms with Gasteiger partial charge < -0.3 is 10.1 Å². The van der Waals surface area contributed by atoms with Gasteiger partial charge in [0.25, 0.3) is 0 Å². The zero-order chi connectivity index (χ0) is 16.6. The van der Waals surface area contributed by atoms with Crippen LogP contribution in [-0.4, -0.2) is 30.1 Å². The number of nitrogens with one attached hydrogen (secondary N) is 2. The lowest BCUT2D eigenvalue weighted by atomic mass is 10.1. The first-order valence-corrected chi connectivity index (χ1v) is 9.31. The van der Waals surface area contributed by atoms with Gasteiger partial charge in [-0.15, -0.1) is 24.2 Å². The van der Waals surface area contributed by atoms with E-state index in [1.807, 2.05) is 30.3 Å². The van der Waals surface area contributed by atoms with Crippen molar-refractivity contribution in [2.24, 2.45) is 0 Å². The van der Waals surface area contributed by atoms with E-state index in [4.69, 9.17) is 4.74 Å². The molecule has 1 atom stereocenters. The Bertz CT molecular complexity index is 646. The highest BCUT2D eigenvalue weighted by atomic mass is 35.5. The Labute approximate surface area is 159 Å². The second-order valence-corrected chi connectivity index (χ2v) is 6.76. The SMILES string of the molecule is Cl.O=C(NCCc1ccc(OCc2ccccc2)cc1)C1CSCN1. The van der Waals surface area contributed by atoms with Gasteiger partial charge in [0.1, 0.15) is 12.4 Å². The van der Waals surface area contributed by atoms with Crippen molar-refractivity contribution in [3.05, 3.63) is 65.7 Å². The lowest BCUT2D eigenvalue weighted by Gasteiger charge is -2.11. The maximum absolute atomic E-state index is 11.9. The smallest absolute Gasteiger partial charge is 0.238 e. The molecule has 25 heavy (non-hydrogen) atoms. The second-order valence-electron chi connectivity index (χ2n) is 5.73. The average Bonchev–Trinajstić information content (AvgIpc) is 3.17. The molecule has 0 saturated carbocycles. The van der Waals surface area contributed by atoms with Crippen LogP contribution in [0.4, 0.5) is 0 Å². The number of hydrogen-bond acceptors (Lipinski definition) is 4. The zero-order valence-corrected chi connectivity index (χ0v) is 15.6. The third kappa shape index (κ3) is 6.27. The Balaban J connectivity index is 0.00000225. The summed E-state index contributed by atoms with van der Waals surface area (Å²) in [4.78, 5) is 11.9. The van der Waals surface area contributed by atoms with Gasteiger partial charge in [0.05, 0.1) is 6.04 Å². The summed E-state index contributed by atoms with van der Waals surface area (Å²) in [7, 11) is 0. The molecular formula is C19H23ClN2O2S. The van der Waals surface area contributed by atoms with Crippen LogP contribution in [0, 0.1) is 0 Å². The molecule has 1 heterocycles. The van der Waals surface area contributed by atoms with Crippen LogP contribution in [0.2, 0.25) is 0 Å². The van der Waals surface area contributed by atoms with Crippen molar-refractivity contribution in [2.45, 2.75) is 19.1 Å². The first-order valence-electron chi connectivity index (χ1n) is 8.16. The van der Waals surface area contributed by atoms with E-state index in [1.165, 1.54) is 5.56 Å². The number of benzene rings is 2. The van der Waals surface area contributed by atoms with E-state index < -0.39 is 0 Å². The first-order chi connectivity index (χ1) is 11.8. The molecule has 4 nitrogen and oxygen atoms in total. The molecule has 1 fully saturated rings. The standard InChI is InChI=1S/C19H22N2O2S.ClH/c22-19(18-13-24-14-21-18)20-11-10-15-6-8-17(9-7-15)23-12-16-4-2-1-3-5-16;/h1-9,18,21H,10-14H2,(H,20,22);1H. The van der Waals surface area contributed by atoms with Crippen LogP contribution in [0.15, 0.2) is 54.6 Å². The van der Waals surface area contributed by atoms with Crippen molar-refractivity contribution in [2.75, 3.05) is 18.2 Å². The van der Waals surface area contributed by atoms with Crippen LogP contribution in [0.5, 0.6) is 5.75 Å². The summed E-state index contributed by atoms with van der Waals surface area (Å²) in [5, 5.41) is 6.16. The number of ether oxygens (including phenoxy) is 1. The van der Waals surface area contributed by atoms with Crippen molar-refractivity contribution in [3.63, 3.8) is 0 Å². The summed E-state index contributed by atoms with van der Waals surface area (Å²) >= 11 is 1.76. The monoisotopic (exact) mass is 378 g/mol. The first kappa shape index (κ1) is 19.6. The maximum atomic E-state index is 11.9. The predicted octanol–water partition coefficient (Wildman–Crippen LogP) is 3.01. The van der Waals surface area contributed by atoms with Gasteiger partial charge in [-0.05, 0) is 29.7 Å². The molecule has 2 aromatic rings. The van der Waals surface area contributed by atoms with E-state index in [9.17, 15) is 4.79 Å². The van der Waals surface area contributed by atoms with Gasteiger partial charge in [0.2, 0.25) is 5.91 Å². The zero-order valence-electron chi connectivity index (χ0n) is 13.9. The van der Waals surface area contributed by atoms with Crippen LogP contribution in [0.1, 0.15) is 11.1 Å². The van der Waals surface area contributed by atoms with Crippen molar-refractivity contribution in [1.29, 1.82) is 0 Å². The Kier molecular flexibility index (Phi) is 8.12. The highest BCUT2D eigenvalue weighted by Gasteiger charge is 2.21. The number of thioether (sulfide) groups is 1. The van der Waals surface area contributed by atoms with Gasteiger partial charge in [0.15, 0.2) is 0 Å². The van der Waals surface area contributed by atoms with E-state index in [0.29, 0.717) is 13.2 Å². The molecule has 1 unspecified atom stereocenters. The molecule has 134 valence electrons. The summed E-state index contributed by atoms with van der Waals surface area (Å²) in [5.41, 5.74) is 2.35. The van der Waals surface area contributed by atoms with E-state index in [-0.39, 0.29) is 24.4 Å². The van der Waals surface area contributed by atoms with Gasteiger partial charge in [-0.2, -0.15) is 0 Å². The normalized spacial score (nSPS) is 16.1. The minimum Gasteiger partial charge on any atom is -0.489 e. The highest BCUT2D eigenvalue weighted by Crippen LogP contribution is 2.14. The number of halogens is 1. The summed E-state index contributed by atoms with van der Waals surface area (Å²) < 4.78 is 5.78. The van der Waals surface area contributed by atoms with Gasteiger partial charge in [-0.1, -0.05) is 42.5 Å². The fourth-order valence-corrected chi connectivity index (χ4v) is 3.45. The largest absolute Gasteiger partial charge is 0.489 e. The van der Waals surface area contributed by atoms with Crippen LogP contribution < -0.4 is 15.4 Å². The van der Waals surface area contributed by atoms with Gasteiger partial charge >= 0.3 is 0 Å². The van der Waals surface area contributed by atoms with E-state index in [2.05, 4.69) is 34.9 Å². The molecular weight excluding hydrogens is 356 g/mol. The van der Waals surface area contributed by atoms with Crippen LogP contribution in [0.25, 0.3) is 0 Å². The molecule has 0 spiro atoms. The second kappa shape index (κ2) is 10.3. The topological polar surface area (TPSA) is 50.4 Å². The van der Waals surface area contributed by atoms with Crippen molar-refractivity contribution >= 4 is 30.1 Å². The number of hydrogen-bond donors (Lipinski definition) is 2. The van der Waals surface area contributed by atoms with E-state index >= 15 is 0 Å². The lowest BCUT2D eigenvalue weighted by molar-refractivity contribution is -0.122. The van der Waals surface area contributed by atoms with Crippen LogP contribution >= 0.6 is 24.2 Å². The van der Waals surface area contributed by atoms with Crippen molar-refractivity contribution < 1.29 is 9.53 Å². The van der Waals surface area contributed by atoms with Gasteiger partial charge in [-0.25, -0.2) is 0 Å². The molecule has 2 aromatic carbocycles. The van der Waals surface area contributed by atoms with Crippen LogP contribution in [-0.2, 0) is 17.8 Å². The minimum atomic E-state index is -0.0382. The maximum Gasteiger partial charge on any atom is 0.238 e. The van der Waals surface area contributed by atoms with Gasteiger partial charge in [0, 0.05) is 18.2 Å². The Morgan fingerprint density at radius 3 is 2.56 bits per heavy atom. The number of rotatable bonds is 7. The highest BCUT2D eigenvalue weighted by molar-refractivity contribution is 7.99. The Morgan fingerprint density at radius 2 is 1.88 bits per heavy atom. The van der Waals surface area contributed by atoms with Crippen LogP contribution in [0.3, 0.4) is 0 Å². The molecule has 1 amide bonds. The Morgan fingerprint density at radius 1 is 1.12 bits per heavy atom. The third-order valence-electron chi connectivity index (χ3n) is 3.92. The summed E-state index contributed by atoms with van der Waals surface area (Å²) in [6.45, 7) is 1.23. The molecule has 6 heteroatoms. The summed E-state index contributed by atoms with van der Waals surface area (Å²) in [5.74, 6) is 2.68. The fourth-order valence-electron chi connectivity index (χ4n) is 2.51. The molecule has 0 bridgehead atoms. The molecule has 1 saturated heterocycles. The summed E-state index contributed by atoms with van der Waals surface area (Å²) in [6.07, 6.45) is 0.824. The minimum absolute atomic E-state index is 0. The number of carbonyl (C=O) groups is 1. The van der Waals surface area contributed by atoms with Crippen molar-refractivity contribution in [3.8, 4) is 5.75 Å². The lowest BCUT2D eigenvalue weighted by Crippen LogP contribution is -2.42. The quantitative estimate of drug-likeness (QED) is 0.777. The average molecular weight is 379 g/mol.